The maximum atomic E-state index is 12.5. The first-order valence-corrected chi connectivity index (χ1v) is 7.86. The summed E-state index contributed by atoms with van der Waals surface area (Å²) in [5.41, 5.74) is 7.18. The third-order valence-corrected chi connectivity index (χ3v) is 4.72. The van der Waals surface area contributed by atoms with Gasteiger partial charge in [-0.25, -0.2) is 0 Å². The molecule has 0 saturated carbocycles. The topological polar surface area (TPSA) is 55.1 Å². The smallest absolute Gasteiger partial charge is 0.244 e. The van der Waals surface area contributed by atoms with Crippen LogP contribution in [0.4, 0.5) is 0 Å². The standard InChI is InChI=1S/C17H22N2OS/c1-11-10-15(13(3)21-11)12(2)19-16(20)17(4,18)14-8-6-5-7-9-14/h5-10,12H,18H2,1-4H3,(H,19,20). The second-order valence-electron chi connectivity index (χ2n) is 5.63. The lowest BCUT2D eigenvalue weighted by molar-refractivity contribution is -0.126. The highest BCUT2D eigenvalue weighted by molar-refractivity contribution is 7.12. The van der Waals surface area contributed by atoms with Crippen molar-refractivity contribution >= 4 is 17.2 Å². The van der Waals surface area contributed by atoms with Crippen LogP contribution in [0.3, 0.4) is 0 Å². The zero-order valence-corrected chi connectivity index (χ0v) is 13.8. The van der Waals surface area contributed by atoms with Gasteiger partial charge < -0.3 is 11.1 Å². The molecule has 0 aliphatic heterocycles. The van der Waals surface area contributed by atoms with E-state index in [-0.39, 0.29) is 11.9 Å². The van der Waals surface area contributed by atoms with Crippen molar-refractivity contribution < 1.29 is 4.79 Å². The average molecular weight is 302 g/mol. The van der Waals surface area contributed by atoms with Gasteiger partial charge >= 0.3 is 0 Å². The predicted molar refractivity (Wildman–Crippen MR) is 88.3 cm³/mol. The average Bonchev–Trinajstić information content (AvgIpc) is 2.78. The minimum atomic E-state index is -1.03. The molecule has 0 spiro atoms. The van der Waals surface area contributed by atoms with Crippen molar-refractivity contribution in [1.82, 2.24) is 5.32 Å². The molecule has 2 rings (SSSR count). The highest BCUT2D eigenvalue weighted by atomic mass is 32.1. The summed E-state index contributed by atoms with van der Waals surface area (Å²) < 4.78 is 0. The molecular formula is C17H22N2OS. The Bertz CT molecular complexity index is 631. The Kier molecular flexibility index (Phi) is 4.49. The second-order valence-corrected chi connectivity index (χ2v) is 7.09. The van der Waals surface area contributed by atoms with E-state index in [2.05, 4.69) is 25.2 Å². The Morgan fingerprint density at radius 2 is 1.90 bits per heavy atom. The van der Waals surface area contributed by atoms with Crippen molar-refractivity contribution in [2.24, 2.45) is 5.73 Å². The Hall–Kier alpha value is -1.65. The summed E-state index contributed by atoms with van der Waals surface area (Å²) >= 11 is 1.75. The van der Waals surface area contributed by atoms with Crippen molar-refractivity contribution in [3.8, 4) is 0 Å². The number of nitrogens with two attached hydrogens (primary N) is 1. The van der Waals surface area contributed by atoms with Gasteiger partial charge in [0.25, 0.3) is 0 Å². The number of rotatable bonds is 4. The summed E-state index contributed by atoms with van der Waals surface area (Å²) in [6.07, 6.45) is 0. The van der Waals surface area contributed by atoms with E-state index >= 15 is 0 Å². The molecule has 2 aromatic rings. The fourth-order valence-electron chi connectivity index (χ4n) is 2.42. The third-order valence-electron chi connectivity index (χ3n) is 3.74. The molecule has 2 atom stereocenters. The molecule has 1 aromatic heterocycles. The quantitative estimate of drug-likeness (QED) is 0.909. The number of hydrogen-bond acceptors (Lipinski definition) is 3. The summed E-state index contributed by atoms with van der Waals surface area (Å²) in [5, 5.41) is 3.03. The molecule has 3 nitrogen and oxygen atoms in total. The fourth-order valence-corrected chi connectivity index (χ4v) is 3.44. The zero-order valence-electron chi connectivity index (χ0n) is 12.9. The number of amides is 1. The van der Waals surface area contributed by atoms with Gasteiger partial charge in [-0.15, -0.1) is 11.3 Å². The van der Waals surface area contributed by atoms with E-state index in [0.717, 1.165) is 11.1 Å². The highest BCUT2D eigenvalue weighted by Crippen LogP contribution is 2.27. The molecule has 3 N–H and O–H groups in total. The lowest BCUT2D eigenvalue weighted by atomic mass is 9.91. The van der Waals surface area contributed by atoms with Gasteiger partial charge in [-0.2, -0.15) is 0 Å². The van der Waals surface area contributed by atoms with Crippen molar-refractivity contribution in [2.45, 2.75) is 39.3 Å². The van der Waals surface area contributed by atoms with Crippen LogP contribution in [0.5, 0.6) is 0 Å². The lowest BCUT2D eigenvalue weighted by Crippen LogP contribution is -2.49. The molecule has 2 unspecified atom stereocenters. The van der Waals surface area contributed by atoms with Crippen LogP contribution in [0, 0.1) is 13.8 Å². The van der Waals surface area contributed by atoms with Gasteiger partial charge in [-0.3, -0.25) is 4.79 Å². The Labute approximate surface area is 130 Å². The first kappa shape index (κ1) is 15.7. The number of aryl methyl sites for hydroxylation is 2. The summed E-state index contributed by atoms with van der Waals surface area (Å²) in [4.78, 5) is 15.0. The molecule has 0 saturated heterocycles. The van der Waals surface area contributed by atoms with E-state index in [9.17, 15) is 4.79 Å². The number of thiophene rings is 1. The van der Waals surface area contributed by atoms with E-state index in [4.69, 9.17) is 5.73 Å². The maximum Gasteiger partial charge on any atom is 0.244 e. The van der Waals surface area contributed by atoms with E-state index in [1.165, 1.54) is 9.75 Å². The molecule has 0 aliphatic carbocycles. The van der Waals surface area contributed by atoms with Crippen molar-refractivity contribution in [3.63, 3.8) is 0 Å². The van der Waals surface area contributed by atoms with Gasteiger partial charge in [0, 0.05) is 9.75 Å². The number of carbonyl (C=O) groups excluding carboxylic acids is 1. The monoisotopic (exact) mass is 302 g/mol. The zero-order chi connectivity index (χ0) is 15.6. The van der Waals surface area contributed by atoms with Crippen LogP contribution in [0.1, 0.15) is 40.8 Å². The van der Waals surface area contributed by atoms with Gasteiger partial charge in [-0.05, 0) is 44.9 Å². The van der Waals surface area contributed by atoms with Crippen LogP contribution >= 0.6 is 11.3 Å². The van der Waals surface area contributed by atoms with Crippen LogP contribution in [0.15, 0.2) is 36.4 Å². The second kappa shape index (κ2) is 6.00. The fraction of sp³-hybridized carbons (Fsp3) is 0.353. The summed E-state index contributed by atoms with van der Waals surface area (Å²) in [5.74, 6) is -0.163. The molecule has 1 amide bonds. The lowest BCUT2D eigenvalue weighted by Gasteiger charge is -2.26. The Morgan fingerprint density at radius 1 is 1.29 bits per heavy atom. The molecule has 4 heteroatoms. The molecular weight excluding hydrogens is 280 g/mol. The van der Waals surface area contributed by atoms with Crippen molar-refractivity contribution in [3.05, 3.63) is 57.3 Å². The Morgan fingerprint density at radius 3 is 2.43 bits per heavy atom. The van der Waals surface area contributed by atoms with Gasteiger partial charge in [0.15, 0.2) is 0 Å². The number of carbonyl (C=O) groups is 1. The van der Waals surface area contributed by atoms with E-state index in [1.54, 1.807) is 18.3 Å². The van der Waals surface area contributed by atoms with Crippen LogP contribution in [-0.2, 0) is 10.3 Å². The summed E-state index contributed by atoms with van der Waals surface area (Å²) in [7, 11) is 0. The number of hydrogen-bond donors (Lipinski definition) is 2. The number of nitrogens with one attached hydrogen (secondary N) is 1. The maximum absolute atomic E-state index is 12.5. The first-order chi connectivity index (χ1) is 9.82. The van der Waals surface area contributed by atoms with Crippen molar-refractivity contribution in [1.29, 1.82) is 0 Å². The van der Waals surface area contributed by atoms with Crippen LogP contribution in [0.25, 0.3) is 0 Å². The number of benzene rings is 1. The van der Waals surface area contributed by atoms with Gasteiger partial charge in [0.2, 0.25) is 5.91 Å². The molecule has 0 radical (unpaired) electrons. The highest BCUT2D eigenvalue weighted by Gasteiger charge is 2.31. The molecule has 21 heavy (non-hydrogen) atoms. The SMILES string of the molecule is Cc1cc(C(C)NC(=O)C(C)(N)c2ccccc2)c(C)s1. The molecule has 0 fully saturated rings. The predicted octanol–water partition coefficient (Wildman–Crippen LogP) is 3.42. The largest absolute Gasteiger partial charge is 0.348 e. The van der Waals surface area contributed by atoms with Crippen LogP contribution in [0.2, 0.25) is 0 Å². The van der Waals surface area contributed by atoms with Crippen molar-refractivity contribution in [2.75, 3.05) is 0 Å². The molecule has 0 aliphatic rings. The van der Waals surface area contributed by atoms with Gasteiger partial charge in [0.05, 0.1) is 6.04 Å². The molecule has 0 bridgehead atoms. The van der Waals surface area contributed by atoms with E-state index in [1.807, 2.05) is 37.3 Å². The molecule has 1 aromatic carbocycles. The molecule has 112 valence electrons. The van der Waals surface area contributed by atoms with Crippen LogP contribution < -0.4 is 11.1 Å². The van der Waals surface area contributed by atoms with Gasteiger partial charge in [-0.1, -0.05) is 30.3 Å². The first-order valence-electron chi connectivity index (χ1n) is 7.04. The third kappa shape index (κ3) is 3.34. The summed E-state index contributed by atoms with van der Waals surface area (Å²) in [6, 6.07) is 11.5. The van der Waals surface area contributed by atoms with E-state index in [0.29, 0.717) is 0 Å². The minimum absolute atomic E-state index is 0.0472. The molecule has 1 heterocycles. The minimum Gasteiger partial charge on any atom is -0.348 e. The van der Waals surface area contributed by atoms with Crippen LogP contribution in [-0.4, -0.2) is 5.91 Å². The van der Waals surface area contributed by atoms with Gasteiger partial charge in [0.1, 0.15) is 5.54 Å². The normalized spacial score (nSPS) is 15.3. The Balaban J connectivity index is 2.16. The summed E-state index contributed by atoms with van der Waals surface area (Å²) in [6.45, 7) is 7.89. The van der Waals surface area contributed by atoms with E-state index < -0.39 is 5.54 Å².